The van der Waals surface area contributed by atoms with Crippen molar-refractivity contribution in [2.24, 2.45) is 0 Å². The number of amides is 1. The first-order chi connectivity index (χ1) is 12.6. The molecule has 1 aromatic carbocycles. The van der Waals surface area contributed by atoms with Crippen LogP contribution in [-0.4, -0.2) is 27.8 Å². The predicted octanol–water partition coefficient (Wildman–Crippen LogP) is 3.00. The molecule has 0 saturated heterocycles. The van der Waals surface area contributed by atoms with Gasteiger partial charge in [-0.2, -0.15) is 0 Å². The first-order valence-corrected chi connectivity index (χ1v) is 8.94. The van der Waals surface area contributed by atoms with Crippen molar-refractivity contribution in [2.45, 2.75) is 31.7 Å². The zero-order valence-electron chi connectivity index (χ0n) is 14.7. The Morgan fingerprint density at radius 3 is 3.00 bits per heavy atom. The summed E-state index contributed by atoms with van der Waals surface area (Å²) in [6.07, 6.45) is 4.82. The van der Waals surface area contributed by atoms with E-state index in [4.69, 9.17) is 0 Å². The third kappa shape index (κ3) is 3.01. The molecule has 3 aromatic rings. The van der Waals surface area contributed by atoms with Crippen LogP contribution in [0.2, 0.25) is 0 Å². The van der Waals surface area contributed by atoms with Gasteiger partial charge >= 0.3 is 0 Å². The summed E-state index contributed by atoms with van der Waals surface area (Å²) in [6, 6.07) is 13.4. The van der Waals surface area contributed by atoms with E-state index in [1.807, 2.05) is 43.4 Å². The first kappa shape index (κ1) is 16.5. The van der Waals surface area contributed by atoms with Crippen LogP contribution in [0.1, 0.15) is 35.7 Å². The van der Waals surface area contributed by atoms with Gasteiger partial charge in [-0.1, -0.05) is 24.3 Å². The molecular weight excluding hydrogens is 326 g/mol. The Morgan fingerprint density at radius 2 is 2.12 bits per heavy atom. The molecule has 1 aliphatic carbocycles. The maximum absolute atomic E-state index is 12.9. The summed E-state index contributed by atoms with van der Waals surface area (Å²) in [5.74, 6) is -0.0608. The van der Waals surface area contributed by atoms with E-state index in [-0.39, 0.29) is 23.9 Å². The van der Waals surface area contributed by atoms with Crippen LogP contribution in [0.25, 0.3) is 10.9 Å². The zero-order valence-corrected chi connectivity index (χ0v) is 14.7. The van der Waals surface area contributed by atoms with E-state index in [2.05, 4.69) is 16.0 Å². The normalized spacial score (nSPS) is 16.3. The van der Waals surface area contributed by atoms with Crippen molar-refractivity contribution in [3.8, 4) is 0 Å². The Balaban J connectivity index is 1.59. The largest absolute Gasteiger partial charge is 0.337 e. The molecule has 1 amide bonds. The average Bonchev–Trinajstić information content (AvgIpc) is 2.67. The lowest BCUT2D eigenvalue weighted by Crippen LogP contribution is -2.35. The Kier molecular flexibility index (Phi) is 4.29. The van der Waals surface area contributed by atoms with Crippen molar-refractivity contribution in [1.82, 2.24) is 14.9 Å². The summed E-state index contributed by atoms with van der Waals surface area (Å²) in [5, 5.41) is 0.933. The molecule has 0 saturated carbocycles. The van der Waals surface area contributed by atoms with Crippen LogP contribution in [0.4, 0.5) is 0 Å². The van der Waals surface area contributed by atoms with Gasteiger partial charge in [0.25, 0.3) is 5.56 Å². The maximum atomic E-state index is 12.9. The van der Waals surface area contributed by atoms with Crippen molar-refractivity contribution in [1.29, 1.82) is 0 Å². The molecule has 1 unspecified atom stereocenters. The SMILES string of the molecule is CN(C(=O)Cc1cc2ccccc2[nH]c1=O)C1CCCc2cccnc21. The topological polar surface area (TPSA) is 66.1 Å². The van der Waals surface area contributed by atoms with Gasteiger partial charge in [0.05, 0.1) is 18.2 Å². The highest BCUT2D eigenvalue weighted by molar-refractivity contribution is 5.82. The van der Waals surface area contributed by atoms with Crippen molar-refractivity contribution < 1.29 is 4.79 Å². The van der Waals surface area contributed by atoms with Crippen LogP contribution in [0.3, 0.4) is 0 Å². The van der Waals surface area contributed by atoms with Gasteiger partial charge in [-0.3, -0.25) is 14.6 Å². The Morgan fingerprint density at radius 1 is 1.27 bits per heavy atom. The van der Waals surface area contributed by atoms with Crippen LogP contribution in [0.5, 0.6) is 0 Å². The first-order valence-electron chi connectivity index (χ1n) is 8.94. The number of benzene rings is 1. The molecule has 2 aromatic heterocycles. The predicted molar refractivity (Wildman–Crippen MR) is 101 cm³/mol. The molecule has 5 heteroatoms. The van der Waals surface area contributed by atoms with Crippen molar-refractivity contribution >= 4 is 16.8 Å². The van der Waals surface area contributed by atoms with Crippen molar-refractivity contribution in [3.63, 3.8) is 0 Å². The van der Waals surface area contributed by atoms with Crippen LogP contribution >= 0.6 is 0 Å². The lowest BCUT2D eigenvalue weighted by molar-refractivity contribution is -0.131. The summed E-state index contributed by atoms with van der Waals surface area (Å²) in [4.78, 5) is 34.3. The van der Waals surface area contributed by atoms with E-state index < -0.39 is 0 Å². The quantitative estimate of drug-likeness (QED) is 0.792. The minimum Gasteiger partial charge on any atom is -0.337 e. The van der Waals surface area contributed by atoms with Gasteiger partial charge in [0.1, 0.15) is 0 Å². The number of H-pyrrole nitrogens is 1. The van der Waals surface area contributed by atoms with E-state index in [0.717, 1.165) is 35.9 Å². The molecule has 0 spiro atoms. The van der Waals surface area contributed by atoms with E-state index >= 15 is 0 Å². The summed E-state index contributed by atoms with van der Waals surface area (Å²) in [5.41, 5.74) is 3.28. The third-order valence-corrected chi connectivity index (χ3v) is 5.20. The lowest BCUT2D eigenvalue weighted by atomic mass is 9.91. The van der Waals surface area contributed by atoms with Crippen LogP contribution in [0, 0.1) is 0 Å². The number of pyridine rings is 2. The number of carbonyl (C=O) groups is 1. The maximum Gasteiger partial charge on any atom is 0.252 e. The Labute approximate surface area is 151 Å². The Bertz CT molecular complexity index is 1020. The van der Waals surface area contributed by atoms with Gasteiger partial charge in [0, 0.05) is 24.3 Å². The second-order valence-electron chi connectivity index (χ2n) is 6.85. The summed E-state index contributed by atoms with van der Waals surface area (Å²) >= 11 is 0. The van der Waals surface area contributed by atoms with Gasteiger partial charge in [-0.25, -0.2) is 0 Å². The lowest BCUT2D eigenvalue weighted by Gasteiger charge is -2.32. The summed E-state index contributed by atoms with van der Waals surface area (Å²) in [7, 11) is 1.81. The number of hydrogen-bond acceptors (Lipinski definition) is 3. The fraction of sp³-hybridized carbons (Fsp3) is 0.286. The van der Waals surface area contributed by atoms with Crippen molar-refractivity contribution in [2.75, 3.05) is 7.05 Å². The van der Waals surface area contributed by atoms with Crippen LogP contribution in [0.15, 0.2) is 53.5 Å². The summed E-state index contributed by atoms with van der Waals surface area (Å²) < 4.78 is 0. The molecule has 1 aliphatic rings. The monoisotopic (exact) mass is 347 g/mol. The smallest absolute Gasteiger partial charge is 0.252 e. The molecule has 132 valence electrons. The number of likely N-dealkylation sites (N-methyl/N-ethyl adjacent to an activating group) is 1. The average molecular weight is 347 g/mol. The number of aromatic nitrogens is 2. The highest BCUT2D eigenvalue weighted by Crippen LogP contribution is 2.32. The number of nitrogens with one attached hydrogen (secondary N) is 1. The van der Waals surface area contributed by atoms with Gasteiger partial charge in [-0.05, 0) is 48.4 Å². The van der Waals surface area contributed by atoms with Gasteiger partial charge in [0.2, 0.25) is 5.91 Å². The molecular formula is C21H21N3O2. The van der Waals surface area contributed by atoms with E-state index in [0.29, 0.717) is 5.56 Å². The number of para-hydroxylation sites is 1. The standard InChI is InChI=1S/C21H21N3O2/c1-24(18-10-4-7-14-8-5-11-22-20(14)18)19(25)13-16-12-15-6-2-3-9-17(15)23-21(16)26/h2-3,5-6,8-9,11-12,18H,4,7,10,13H2,1H3,(H,23,26). The number of aryl methyl sites for hydroxylation is 1. The molecule has 0 radical (unpaired) electrons. The molecule has 4 rings (SSSR count). The van der Waals surface area contributed by atoms with Crippen LogP contribution in [-0.2, 0) is 17.6 Å². The molecule has 0 aliphatic heterocycles. The number of aromatic amines is 1. The highest BCUT2D eigenvalue weighted by Gasteiger charge is 2.28. The number of fused-ring (bicyclic) bond motifs is 2. The van der Waals surface area contributed by atoms with E-state index in [9.17, 15) is 9.59 Å². The summed E-state index contributed by atoms with van der Waals surface area (Å²) in [6.45, 7) is 0. The Hall–Kier alpha value is -2.95. The molecule has 26 heavy (non-hydrogen) atoms. The molecule has 2 heterocycles. The second kappa shape index (κ2) is 6.75. The van der Waals surface area contributed by atoms with Crippen LogP contribution < -0.4 is 5.56 Å². The molecule has 0 fully saturated rings. The third-order valence-electron chi connectivity index (χ3n) is 5.20. The van der Waals surface area contributed by atoms with E-state index in [1.165, 1.54) is 5.56 Å². The molecule has 1 atom stereocenters. The fourth-order valence-electron chi connectivity index (χ4n) is 3.75. The zero-order chi connectivity index (χ0) is 18.1. The van der Waals surface area contributed by atoms with Gasteiger partial charge in [0.15, 0.2) is 0 Å². The van der Waals surface area contributed by atoms with Crippen molar-refractivity contribution in [3.05, 3.63) is 75.8 Å². The van der Waals surface area contributed by atoms with Gasteiger partial charge < -0.3 is 9.88 Å². The van der Waals surface area contributed by atoms with Gasteiger partial charge in [-0.15, -0.1) is 0 Å². The van der Waals surface area contributed by atoms with E-state index in [1.54, 1.807) is 11.1 Å². The fourth-order valence-corrected chi connectivity index (χ4v) is 3.75. The molecule has 1 N–H and O–H groups in total. The molecule has 5 nitrogen and oxygen atoms in total. The molecule has 0 bridgehead atoms. The second-order valence-corrected chi connectivity index (χ2v) is 6.85. The number of rotatable bonds is 3. The highest BCUT2D eigenvalue weighted by atomic mass is 16.2. The number of nitrogens with zero attached hydrogens (tertiary/aromatic N) is 2. The number of carbonyl (C=O) groups excluding carboxylic acids is 1. The minimum atomic E-state index is -0.201. The minimum absolute atomic E-state index is 0.0213. The number of hydrogen-bond donors (Lipinski definition) is 1.